The van der Waals surface area contributed by atoms with Crippen LogP contribution in [0.3, 0.4) is 0 Å². The van der Waals surface area contributed by atoms with Gasteiger partial charge in [0.05, 0.1) is 17.0 Å². The second-order valence-electron chi connectivity index (χ2n) is 7.32. The molecule has 30 heavy (non-hydrogen) atoms. The number of carbonyl (C=O) groups is 2. The second kappa shape index (κ2) is 8.87. The van der Waals surface area contributed by atoms with Crippen LogP contribution < -0.4 is 16.0 Å². The average molecular weight is 405 g/mol. The number of carboxylic acid groups (broad SMARTS) is 1. The first-order chi connectivity index (χ1) is 14.6. The molecule has 8 heteroatoms. The molecule has 154 valence electrons. The summed E-state index contributed by atoms with van der Waals surface area (Å²) in [7, 11) is 0. The van der Waals surface area contributed by atoms with Crippen LogP contribution >= 0.6 is 0 Å². The van der Waals surface area contributed by atoms with Crippen LogP contribution in [0.5, 0.6) is 0 Å². The average Bonchev–Trinajstić information content (AvgIpc) is 2.78. The first kappa shape index (κ1) is 19.8. The van der Waals surface area contributed by atoms with Crippen LogP contribution in [0, 0.1) is 5.92 Å². The van der Waals surface area contributed by atoms with Gasteiger partial charge in [-0.25, -0.2) is 14.8 Å². The molecule has 4 N–H and O–H groups in total. The van der Waals surface area contributed by atoms with Crippen LogP contribution in [0.4, 0.5) is 11.5 Å². The molecule has 1 atom stereocenters. The summed E-state index contributed by atoms with van der Waals surface area (Å²) in [6.07, 6.45) is 3.27. The van der Waals surface area contributed by atoms with Gasteiger partial charge in [0.25, 0.3) is 0 Å². The molecule has 1 aliphatic heterocycles. The minimum Gasteiger partial charge on any atom is -0.478 e. The van der Waals surface area contributed by atoms with Crippen molar-refractivity contribution in [3.05, 3.63) is 59.9 Å². The number of fused-ring (bicyclic) bond motifs is 1. The zero-order chi connectivity index (χ0) is 20.9. The Hall–Kier alpha value is -3.52. The van der Waals surface area contributed by atoms with Crippen molar-refractivity contribution in [2.24, 2.45) is 5.92 Å². The molecular formula is C22H23N5O3. The fraction of sp³-hybridized carbons (Fsp3) is 0.273. The standard InChI is InChI=1S/C22H23N5O3/c28-21(15-5-3-9-23-12-15)27-16-6-1-4-14(10-16)11-24-20-17-7-2-8-18(22(29)30)19(17)25-13-26-20/h1-2,4,6-8,10,13,15,23H,3,5,9,11-12H2,(H,27,28)(H,29,30)(H,24,25,26). The molecule has 0 saturated carbocycles. The number of nitrogens with zero attached hydrogens (tertiary/aromatic N) is 2. The van der Waals surface area contributed by atoms with Gasteiger partial charge in [0.2, 0.25) is 5.91 Å². The van der Waals surface area contributed by atoms with Gasteiger partial charge in [0.15, 0.2) is 0 Å². The van der Waals surface area contributed by atoms with Gasteiger partial charge < -0.3 is 21.1 Å². The van der Waals surface area contributed by atoms with Gasteiger partial charge >= 0.3 is 5.97 Å². The Kier molecular flexibility index (Phi) is 5.85. The molecule has 1 aromatic heterocycles. The highest BCUT2D eigenvalue weighted by Gasteiger charge is 2.20. The van der Waals surface area contributed by atoms with Crippen molar-refractivity contribution in [3.63, 3.8) is 0 Å². The minimum absolute atomic E-state index is 0.00338. The number of nitrogens with one attached hydrogen (secondary N) is 3. The lowest BCUT2D eigenvalue weighted by molar-refractivity contribution is -0.120. The van der Waals surface area contributed by atoms with Gasteiger partial charge in [-0.15, -0.1) is 0 Å². The zero-order valence-electron chi connectivity index (χ0n) is 16.4. The summed E-state index contributed by atoms with van der Waals surface area (Å²) >= 11 is 0. The highest BCUT2D eigenvalue weighted by Crippen LogP contribution is 2.23. The van der Waals surface area contributed by atoms with Crippen molar-refractivity contribution in [2.75, 3.05) is 23.7 Å². The van der Waals surface area contributed by atoms with Gasteiger partial charge in [-0.05, 0) is 49.2 Å². The van der Waals surface area contributed by atoms with Crippen LogP contribution in [-0.2, 0) is 11.3 Å². The Labute approximate surface area is 173 Å². The molecule has 2 heterocycles. The van der Waals surface area contributed by atoms with E-state index in [1.54, 1.807) is 12.1 Å². The van der Waals surface area contributed by atoms with Gasteiger partial charge in [-0.2, -0.15) is 0 Å². The number of carbonyl (C=O) groups excluding carboxylic acids is 1. The molecule has 0 aliphatic carbocycles. The van der Waals surface area contributed by atoms with Gasteiger partial charge in [-0.1, -0.05) is 18.2 Å². The Morgan fingerprint density at radius 1 is 1.17 bits per heavy atom. The van der Waals surface area contributed by atoms with E-state index in [1.807, 2.05) is 24.3 Å². The lowest BCUT2D eigenvalue weighted by atomic mass is 9.99. The van der Waals surface area contributed by atoms with Gasteiger partial charge in [0, 0.05) is 24.2 Å². The van der Waals surface area contributed by atoms with Gasteiger partial charge in [-0.3, -0.25) is 4.79 Å². The molecular weight excluding hydrogens is 382 g/mol. The van der Waals surface area contributed by atoms with Crippen LogP contribution in [0.15, 0.2) is 48.8 Å². The Balaban J connectivity index is 1.47. The number of aromatic carboxylic acids is 1. The topological polar surface area (TPSA) is 116 Å². The van der Waals surface area contributed by atoms with Crippen molar-refractivity contribution in [1.29, 1.82) is 0 Å². The van der Waals surface area contributed by atoms with E-state index < -0.39 is 5.97 Å². The quantitative estimate of drug-likeness (QED) is 0.498. The number of rotatable bonds is 6. The fourth-order valence-corrected chi connectivity index (χ4v) is 3.67. The van der Waals surface area contributed by atoms with Crippen molar-refractivity contribution in [2.45, 2.75) is 19.4 Å². The highest BCUT2D eigenvalue weighted by molar-refractivity contribution is 6.04. The molecule has 1 fully saturated rings. The molecule has 1 unspecified atom stereocenters. The van der Waals surface area contributed by atoms with E-state index in [2.05, 4.69) is 25.9 Å². The zero-order valence-corrected chi connectivity index (χ0v) is 16.4. The van der Waals surface area contributed by atoms with Crippen LogP contribution in [0.25, 0.3) is 10.9 Å². The molecule has 1 aliphatic rings. The molecule has 3 aromatic rings. The first-order valence-electron chi connectivity index (χ1n) is 9.93. The summed E-state index contributed by atoms with van der Waals surface area (Å²) < 4.78 is 0. The summed E-state index contributed by atoms with van der Waals surface area (Å²) in [5.41, 5.74) is 2.26. The number of benzene rings is 2. The van der Waals surface area contributed by atoms with Crippen LogP contribution in [-0.4, -0.2) is 40.0 Å². The van der Waals surface area contributed by atoms with Crippen LogP contribution in [0.1, 0.15) is 28.8 Å². The lowest BCUT2D eigenvalue weighted by Crippen LogP contribution is -2.37. The number of carboxylic acids is 1. The maximum atomic E-state index is 12.5. The second-order valence-corrected chi connectivity index (χ2v) is 7.32. The van der Waals surface area contributed by atoms with E-state index in [0.717, 1.165) is 30.6 Å². The van der Waals surface area contributed by atoms with Crippen molar-refractivity contribution < 1.29 is 14.7 Å². The van der Waals surface area contributed by atoms with E-state index in [1.165, 1.54) is 12.4 Å². The number of anilines is 2. The van der Waals surface area contributed by atoms with Crippen molar-refractivity contribution >= 4 is 34.3 Å². The minimum atomic E-state index is -1.03. The molecule has 4 rings (SSSR count). The van der Waals surface area contributed by atoms with E-state index in [9.17, 15) is 14.7 Å². The third-order valence-corrected chi connectivity index (χ3v) is 5.22. The maximum absolute atomic E-state index is 12.5. The summed E-state index contributed by atoms with van der Waals surface area (Å²) in [5.74, 6) is -0.431. The molecule has 2 aromatic carbocycles. The Bertz CT molecular complexity index is 1080. The smallest absolute Gasteiger partial charge is 0.337 e. The SMILES string of the molecule is O=C(O)c1cccc2c(NCc3cccc(NC(=O)C4CCCNC4)c3)ncnc12. The summed E-state index contributed by atoms with van der Waals surface area (Å²) in [4.78, 5) is 32.3. The molecule has 1 amide bonds. The Morgan fingerprint density at radius 3 is 2.83 bits per heavy atom. The van der Waals surface area contributed by atoms with Crippen molar-refractivity contribution in [3.8, 4) is 0 Å². The van der Waals surface area contributed by atoms with E-state index in [0.29, 0.717) is 29.8 Å². The third-order valence-electron chi connectivity index (χ3n) is 5.22. The number of hydrogen-bond acceptors (Lipinski definition) is 6. The maximum Gasteiger partial charge on any atom is 0.337 e. The lowest BCUT2D eigenvalue weighted by Gasteiger charge is -2.22. The van der Waals surface area contributed by atoms with Crippen LogP contribution in [0.2, 0.25) is 0 Å². The number of para-hydroxylation sites is 1. The Morgan fingerprint density at radius 2 is 2.03 bits per heavy atom. The number of piperidine rings is 1. The molecule has 0 spiro atoms. The first-order valence-corrected chi connectivity index (χ1v) is 9.93. The number of amides is 1. The largest absolute Gasteiger partial charge is 0.478 e. The highest BCUT2D eigenvalue weighted by atomic mass is 16.4. The summed E-state index contributed by atoms with van der Waals surface area (Å²) in [6, 6.07) is 12.6. The molecule has 0 radical (unpaired) electrons. The summed E-state index contributed by atoms with van der Waals surface area (Å²) in [5, 5.41) is 19.5. The predicted molar refractivity (Wildman–Crippen MR) is 114 cm³/mol. The van der Waals surface area contributed by atoms with Gasteiger partial charge in [0.1, 0.15) is 12.1 Å². The van der Waals surface area contributed by atoms with E-state index >= 15 is 0 Å². The number of hydrogen-bond donors (Lipinski definition) is 4. The summed E-state index contributed by atoms with van der Waals surface area (Å²) in [6.45, 7) is 2.15. The normalized spacial score (nSPS) is 16.2. The van der Waals surface area contributed by atoms with E-state index in [4.69, 9.17) is 0 Å². The molecule has 1 saturated heterocycles. The third kappa shape index (κ3) is 4.38. The molecule has 0 bridgehead atoms. The van der Waals surface area contributed by atoms with Crippen molar-refractivity contribution in [1.82, 2.24) is 15.3 Å². The number of aromatic nitrogens is 2. The van der Waals surface area contributed by atoms with E-state index in [-0.39, 0.29) is 17.4 Å². The fourth-order valence-electron chi connectivity index (χ4n) is 3.67. The predicted octanol–water partition coefficient (Wildman–Crippen LogP) is 2.88. The molecule has 8 nitrogen and oxygen atoms in total. The monoisotopic (exact) mass is 405 g/mol.